The van der Waals surface area contributed by atoms with Crippen LogP contribution in [0, 0.1) is 11.3 Å². The van der Waals surface area contributed by atoms with Gasteiger partial charge >= 0.3 is 0 Å². The summed E-state index contributed by atoms with van der Waals surface area (Å²) < 4.78 is 0. The Hall–Kier alpha value is -1.10. The molecule has 0 fully saturated rings. The predicted molar refractivity (Wildman–Crippen MR) is 77.5 cm³/mol. The zero-order chi connectivity index (χ0) is 15.1. The minimum Gasteiger partial charge on any atom is -0.354 e. The molecule has 5 heteroatoms. The van der Waals surface area contributed by atoms with E-state index in [1.165, 1.54) is 0 Å². The standard InChI is InChI=1S/C14H29N3O2/c1-10(2)8-16-13(19)9-17-12(18)6-11(15)7-14(3,4)5/h10-11H,6-9,15H2,1-5H3,(H,16,19)(H,17,18). The first-order chi connectivity index (χ1) is 8.60. The fraction of sp³-hybridized carbons (Fsp3) is 0.857. The average molecular weight is 271 g/mol. The normalized spacial score (nSPS) is 13.2. The third-order valence-electron chi connectivity index (χ3n) is 2.48. The van der Waals surface area contributed by atoms with Crippen molar-refractivity contribution in [1.82, 2.24) is 10.6 Å². The summed E-state index contributed by atoms with van der Waals surface area (Å²) in [5, 5.41) is 5.34. The number of nitrogens with two attached hydrogens (primary N) is 1. The van der Waals surface area contributed by atoms with Gasteiger partial charge in [0.1, 0.15) is 0 Å². The number of rotatable bonds is 7. The van der Waals surface area contributed by atoms with Gasteiger partial charge in [-0.25, -0.2) is 0 Å². The Morgan fingerprint density at radius 1 is 1.11 bits per heavy atom. The molecule has 0 saturated carbocycles. The Labute approximate surface area is 116 Å². The molecule has 0 radical (unpaired) electrons. The Balaban J connectivity index is 3.83. The van der Waals surface area contributed by atoms with Crippen molar-refractivity contribution in [2.45, 2.75) is 53.5 Å². The van der Waals surface area contributed by atoms with Crippen molar-refractivity contribution in [2.75, 3.05) is 13.1 Å². The van der Waals surface area contributed by atoms with Crippen molar-refractivity contribution in [3.8, 4) is 0 Å². The van der Waals surface area contributed by atoms with Crippen LogP contribution in [0.25, 0.3) is 0 Å². The van der Waals surface area contributed by atoms with Crippen LogP contribution in [0.1, 0.15) is 47.5 Å². The fourth-order valence-electron chi connectivity index (χ4n) is 1.73. The van der Waals surface area contributed by atoms with Crippen molar-refractivity contribution >= 4 is 11.8 Å². The van der Waals surface area contributed by atoms with Gasteiger partial charge in [0.15, 0.2) is 0 Å². The highest BCUT2D eigenvalue weighted by molar-refractivity contribution is 5.84. The van der Waals surface area contributed by atoms with E-state index in [0.29, 0.717) is 12.5 Å². The van der Waals surface area contributed by atoms with E-state index < -0.39 is 0 Å². The lowest BCUT2D eigenvalue weighted by molar-refractivity contribution is -0.126. The molecule has 0 aliphatic carbocycles. The average Bonchev–Trinajstić information content (AvgIpc) is 2.20. The highest BCUT2D eigenvalue weighted by Crippen LogP contribution is 2.20. The van der Waals surface area contributed by atoms with Crippen molar-refractivity contribution in [1.29, 1.82) is 0 Å². The van der Waals surface area contributed by atoms with E-state index in [2.05, 4.69) is 31.4 Å². The van der Waals surface area contributed by atoms with Crippen LogP contribution in [0.2, 0.25) is 0 Å². The first-order valence-electron chi connectivity index (χ1n) is 6.89. The smallest absolute Gasteiger partial charge is 0.239 e. The summed E-state index contributed by atoms with van der Waals surface area (Å²) in [6.07, 6.45) is 1.04. The number of carbonyl (C=O) groups excluding carboxylic acids is 2. The molecule has 1 unspecified atom stereocenters. The molecule has 0 aromatic rings. The lowest BCUT2D eigenvalue weighted by Crippen LogP contribution is -2.40. The molecule has 0 aliphatic rings. The molecule has 0 rings (SSSR count). The van der Waals surface area contributed by atoms with Gasteiger partial charge in [0.05, 0.1) is 6.54 Å². The highest BCUT2D eigenvalue weighted by atomic mass is 16.2. The third kappa shape index (κ3) is 11.7. The summed E-state index contributed by atoms with van der Waals surface area (Å²) in [4.78, 5) is 23.0. The maximum atomic E-state index is 11.6. The summed E-state index contributed by atoms with van der Waals surface area (Å²) >= 11 is 0. The molecule has 0 heterocycles. The van der Waals surface area contributed by atoms with Crippen LogP contribution in [0.5, 0.6) is 0 Å². The molecule has 0 aromatic carbocycles. The molecule has 19 heavy (non-hydrogen) atoms. The van der Waals surface area contributed by atoms with Crippen LogP contribution in [0.15, 0.2) is 0 Å². The van der Waals surface area contributed by atoms with E-state index in [1.54, 1.807) is 0 Å². The Morgan fingerprint density at radius 3 is 2.16 bits per heavy atom. The van der Waals surface area contributed by atoms with Gasteiger partial charge in [-0.15, -0.1) is 0 Å². The summed E-state index contributed by atoms with van der Waals surface area (Å²) in [6.45, 7) is 10.9. The molecule has 1 atom stereocenters. The quantitative estimate of drug-likeness (QED) is 0.646. The van der Waals surface area contributed by atoms with Crippen molar-refractivity contribution < 1.29 is 9.59 Å². The molecule has 112 valence electrons. The minimum atomic E-state index is -0.170. The first-order valence-corrected chi connectivity index (χ1v) is 6.89. The number of hydrogen-bond donors (Lipinski definition) is 3. The van der Waals surface area contributed by atoms with E-state index in [-0.39, 0.29) is 36.2 Å². The van der Waals surface area contributed by atoms with E-state index in [9.17, 15) is 9.59 Å². The second kappa shape index (κ2) is 8.15. The van der Waals surface area contributed by atoms with Gasteiger partial charge in [0.25, 0.3) is 0 Å². The van der Waals surface area contributed by atoms with Crippen molar-refractivity contribution in [3.63, 3.8) is 0 Å². The van der Waals surface area contributed by atoms with Crippen LogP contribution in [0.4, 0.5) is 0 Å². The maximum absolute atomic E-state index is 11.6. The third-order valence-corrected chi connectivity index (χ3v) is 2.48. The second-order valence-electron chi connectivity index (χ2n) is 6.70. The largest absolute Gasteiger partial charge is 0.354 e. The van der Waals surface area contributed by atoms with Gasteiger partial charge in [-0.1, -0.05) is 34.6 Å². The molecule has 0 aromatic heterocycles. The molecule has 5 nitrogen and oxygen atoms in total. The molecule has 0 saturated heterocycles. The molecular weight excluding hydrogens is 242 g/mol. The van der Waals surface area contributed by atoms with Crippen LogP contribution in [-0.4, -0.2) is 30.9 Å². The molecular formula is C14H29N3O2. The Kier molecular flexibility index (Phi) is 7.68. The SMILES string of the molecule is CC(C)CNC(=O)CNC(=O)CC(N)CC(C)(C)C. The van der Waals surface area contributed by atoms with Gasteiger partial charge in [0.2, 0.25) is 11.8 Å². The first kappa shape index (κ1) is 17.9. The number of hydrogen-bond acceptors (Lipinski definition) is 3. The van der Waals surface area contributed by atoms with Gasteiger partial charge < -0.3 is 16.4 Å². The van der Waals surface area contributed by atoms with E-state index in [1.807, 2.05) is 13.8 Å². The fourth-order valence-corrected chi connectivity index (χ4v) is 1.73. The van der Waals surface area contributed by atoms with Crippen LogP contribution < -0.4 is 16.4 Å². The second-order valence-corrected chi connectivity index (χ2v) is 6.70. The molecule has 0 aliphatic heterocycles. The zero-order valence-electron chi connectivity index (χ0n) is 12.9. The number of nitrogens with one attached hydrogen (secondary N) is 2. The van der Waals surface area contributed by atoms with E-state index in [4.69, 9.17) is 5.73 Å². The molecule has 0 bridgehead atoms. The monoisotopic (exact) mass is 271 g/mol. The van der Waals surface area contributed by atoms with Crippen LogP contribution >= 0.6 is 0 Å². The zero-order valence-corrected chi connectivity index (χ0v) is 12.9. The number of carbonyl (C=O) groups is 2. The van der Waals surface area contributed by atoms with Crippen LogP contribution in [-0.2, 0) is 9.59 Å². The van der Waals surface area contributed by atoms with Crippen molar-refractivity contribution in [3.05, 3.63) is 0 Å². The molecule has 4 N–H and O–H groups in total. The summed E-state index contributed by atoms with van der Waals surface area (Å²) in [5.74, 6) is 0.0720. The lowest BCUT2D eigenvalue weighted by atomic mass is 9.87. The maximum Gasteiger partial charge on any atom is 0.239 e. The molecule has 2 amide bonds. The summed E-state index contributed by atoms with van der Waals surface area (Å²) in [6, 6.07) is -0.168. The highest BCUT2D eigenvalue weighted by Gasteiger charge is 2.18. The summed E-state index contributed by atoms with van der Waals surface area (Å²) in [7, 11) is 0. The van der Waals surface area contributed by atoms with Gasteiger partial charge in [-0.3, -0.25) is 9.59 Å². The van der Waals surface area contributed by atoms with E-state index in [0.717, 1.165) is 6.42 Å². The van der Waals surface area contributed by atoms with Gasteiger partial charge in [-0.2, -0.15) is 0 Å². The summed E-state index contributed by atoms with van der Waals surface area (Å²) in [5.41, 5.74) is 6.01. The Morgan fingerprint density at radius 2 is 1.68 bits per heavy atom. The minimum absolute atomic E-state index is 0.0216. The van der Waals surface area contributed by atoms with Gasteiger partial charge in [-0.05, 0) is 17.8 Å². The number of amides is 2. The van der Waals surface area contributed by atoms with Crippen molar-refractivity contribution in [2.24, 2.45) is 17.1 Å². The van der Waals surface area contributed by atoms with E-state index >= 15 is 0 Å². The lowest BCUT2D eigenvalue weighted by Gasteiger charge is -2.22. The predicted octanol–water partition coefficient (Wildman–Crippen LogP) is 1.03. The Bertz CT molecular complexity index is 296. The topological polar surface area (TPSA) is 84.2 Å². The van der Waals surface area contributed by atoms with Gasteiger partial charge in [0, 0.05) is 19.0 Å². The van der Waals surface area contributed by atoms with Crippen LogP contribution in [0.3, 0.4) is 0 Å². The molecule has 0 spiro atoms.